The number of thiocarbonyl (C=S) groups is 1. The van der Waals surface area contributed by atoms with Crippen LogP contribution in [0.15, 0.2) is 0 Å². The molecule has 0 bridgehead atoms. The first-order valence-corrected chi connectivity index (χ1v) is 7.30. The summed E-state index contributed by atoms with van der Waals surface area (Å²) in [6.07, 6.45) is -0.514. The molecule has 0 aromatic heterocycles. The van der Waals surface area contributed by atoms with E-state index in [2.05, 4.69) is 0 Å². The Kier molecular flexibility index (Phi) is 5.79. The zero-order chi connectivity index (χ0) is 15.4. The molecule has 0 heterocycles. The van der Waals surface area contributed by atoms with Gasteiger partial charge in [-0.05, 0) is 19.3 Å². The van der Waals surface area contributed by atoms with Gasteiger partial charge >= 0.3 is 6.18 Å². The molecule has 1 amide bonds. The first-order chi connectivity index (χ1) is 9.23. The first kappa shape index (κ1) is 17.2. The van der Waals surface area contributed by atoms with Gasteiger partial charge in [0, 0.05) is 6.54 Å². The summed E-state index contributed by atoms with van der Waals surface area (Å²) in [5, 5.41) is 0. The van der Waals surface area contributed by atoms with E-state index in [1.807, 2.05) is 0 Å². The summed E-state index contributed by atoms with van der Waals surface area (Å²) in [6, 6.07) is 0. The van der Waals surface area contributed by atoms with Gasteiger partial charge in [-0.15, -0.1) is 0 Å². The Morgan fingerprint density at radius 3 is 2.25 bits per heavy atom. The van der Waals surface area contributed by atoms with E-state index in [4.69, 9.17) is 18.0 Å². The highest BCUT2D eigenvalue weighted by Crippen LogP contribution is 2.39. The molecule has 1 aliphatic rings. The number of alkyl halides is 3. The van der Waals surface area contributed by atoms with Gasteiger partial charge in [0.1, 0.15) is 6.54 Å². The molecule has 0 aromatic carbocycles. The molecule has 0 unspecified atom stereocenters. The lowest BCUT2D eigenvalue weighted by atomic mass is 9.73. The fraction of sp³-hybridized carbons (Fsp3) is 0.846. The average molecular weight is 310 g/mol. The number of rotatable bonds is 5. The second kappa shape index (κ2) is 6.74. The van der Waals surface area contributed by atoms with Crippen molar-refractivity contribution in [2.45, 2.75) is 51.6 Å². The second-order valence-electron chi connectivity index (χ2n) is 5.35. The van der Waals surface area contributed by atoms with Crippen molar-refractivity contribution in [2.75, 3.05) is 13.1 Å². The number of nitrogens with two attached hydrogens (primary N) is 1. The van der Waals surface area contributed by atoms with Crippen LogP contribution in [0.1, 0.15) is 45.4 Å². The molecule has 116 valence electrons. The van der Waals surface area contributed by atoms with Gasteiger partial charge in [-0.1, -0.05) is 38.4 Å². The Bertz CT molecular complexity index is 365. The van der Waals surface area contributed by atoms with Crippen LogP contribution in [0.25, 0.3) is 0 Å². The number of amides is 1. The van der Waals surface area contributed by atoms with Gasteiger partial charge in [0.2, 0.25) is 5.91 Å². The Balaban J connectivity index is 2.98. The Morgan fingerprint density at radius 2 is 1.85 bits per heavy atom. The lowest BCUT2D eigenvalue weighted by molar-refractivity contribution is -0.166. The van der Waals surface area contributed by atoms with Crippen molar-refractivity contribution >= 4 is 23.1 Å². The number of carbonyl (C=O) groups is 1. The van der Waals surface area contributed by atoms with Crippen molar-refractivity contribution < 1.29 is 18.0 Å². The molecule has 0 aromatic rings. The smallest absolute Gasteiger partial charge is 0.392 e. The van der Waals surface area contributed by atoms with Crippen LogP contribution in [-0.4, -0.2) is 35.1 Å². The fourth-order valence-corrected chi connectivity index (χ4v) is 3.05. The van der Waals surface area contributed by atoms with Crippen molar-refractivity contribution in [1.82, 2.24) is 4.90 Å². The second-order valence-corrected chi connectivity index (χ2v) is 5.79. The van der Waals surface area contributed by atoms with Crippen LogP contribution in [0.4, 0.5) is 13.2 Å². The van der Waals surface area contributed by atoms with E-state index < -0.39 is 24.0 Å². The van der Waals surface area contributed by atoms with Crippen LogP contribution in [0.3, 0.4) is 0 Å². The molecule has 2 N–H and O–H groups in total. The number of hydrogen-bond donors (Lipinski definition) is 1. The van der Waals surface area contributed by atoms with Crippen LogP contribution in [0, 0.1) is 5.41 Å². The van der Waals surface area contributed by atoms with E-state index in [0.29, 0.717) is 19.3 Å². The van der Waals surface area contributed by atoms with Crippen LogP contribution >= 0.6 is 12.2 Å². The molecule has 1 fully saturated rings. The average Bonchev–Trinajstić information content (AvgIpc) is 2.36. The third kappa shape index (κ3) is 4.07. The quantitative estimate of drug-likeness (QED) is 0.794. The number of carbonyl (C=O) groups excluding carboxylic acids is 1. The summed E-state index contributed by atoms with van der Waals surface area (Å²) < 4.78 is 37.9. The lowest BCUT2D eigenvalue weighted by Crippen LogP contribution is -2.53. The van der Waals surface area contributed by atoms with Crippen LogP contribution < -0.4 is 5.73 Å². The van der Waals surface area contributed by atoms with Gasteiger partial charge in [-0.25, -0.2) is 0 Å². The summed E-state index contributed by atoms with van der Waals surface area (Å²) in [7, 11) is 0. The molecule has 20 heavy (non-hydrogen) atoms. The summed E-state index contributed by atoms with van der Waals surface area (Å²) in [4.78, 5) is 13.5. The first-order valence-electron chi connectivity index (χ1n) is 6.89. The van der Waals surface area contributed by atoms with Crippen molar-refractivity contribution in [3.63, 3.8) is 0 Å². The summed E-state index contributed by atoms with van der Waals surface area (Å²) in [6.45, 7) is 0.581. The van der Waals surface area contributed by atoms with Gasteiger partial charge < -0.3 is 10.6 Å². The molecule has 7 heteroatoms. The Labute approximate surface area is 122 Å². The highest BCUT2D eigenvalue weighted by atomic mass is 32.1. The van der Waals surface area contributed by atoms with Crippen molar-refractivity contribution in [3.05, 3.63) is 0 Å². The fourth-order valence-electron chi connectivity index (χ4n) is 2.76. The van der Waals surface area contributed by atoms with E-state index >= 15 is 0 Å². The zero-order valence-electron chi connectivity index (χ0n) is 11.6. The minimum atomic E-state index is -4.41. The minimum Gasteiger partial charge on any atom is -0.392 e. The molecule has 0 spiro atoms. The highest BCUT2D eigenvalue weighted by molar-refractivity contribution is 7.80. The number of nitrogens with zero attached hydrogens (tertiary/aromatic N) is 1. The number of halogens is 3. The molecule has 0 atom stereocenters. The zero-order valence-corrected chi connectivity index (χ0v) is 12.4. The monoisotopic (exact) mass is 310 g/mol. The molecule has 1 rings (SSSR count). The maximum absolute atomic E-state index is 12.6. The van der Waals surface area contributed by atoms with Crippen LogP contribution in [-0.2, 0) is 4.79 Å². The van der Waals surface area contributed by atoms with E-state index in [1.165, 1.54) is 0 Å². The Morgan fingerprint density at radius 1 is 1.30 bits per heavy atom. The van der Waals surface area contributed by atoms with E-state index in [-0.39, 0.29) is 11.5 Å². The van der Waals surface area contributed by atoms with E-state index in [0.717, 1.165) is 24.2 Å². The maximum atomic E-state index is 12.6. The normalized spacial score (nSPS) is 18.6. The van der Waals surface area contributed by atoms with Crippen molar-refractivity contribution in [1.29, 1.82) is 0 Å². The molecule has 1 saturated carbocycles. The summed E-state index contributed by atoms with van der Waals surface area (Å²) in [5.74, 6) is -0.552. The molecule has 0 saturated heterocycles. The molecule has 3 nitrogen and oxygen atoms in total. The van der Waals surface area contributed by atoms with Gasteiger partial charge in [0.25, 0.3) is 0 Å². The molecular formula is C13H21F3N2OS. The topological polar surface area (TPSA) is 46.3 Å². The maximum Gasteiger partial charge on any atom is 0.406 e. The predicted molar refractivity (Wildman–Crippen MR) is 75.2 cm³/mol. The van der Waals surface area contributed by atoms with Crippen LogP contribution in [0.5, 0.6) is 0 Å². The third-order valence-corrected chi connectivity index (χ3v) is 4.13. The number of hydrogen-bond acceptors (Lipinski definition) is 2. The molecular weight excluding hydrogens is 289 g/mol. The van der Waals surface area contributed by atoms with E-state index in [1.54, 1.807) is 6.92 Å². The van der Waals surface area contributed by atoms with E-state index in [9.17, 15) is 18.0 Å². The molecule has 0 radical (unpaired) electrons. The minimum absolute atomic E-state index is 0.0328. The van der Waals surface area contributed by atoms with Gasteiger partial charge in [0.15, 0.2) is 0 Å². The SMILES string of the molecule is CCCN(CC(F)(F)F)C(=O)C1(C(N)=S)CCCCC1. The standard InChI is InChI=1S/C13H21F3N2OS/c1-2-8-18(9-13(14,15)16)11(19)12(10(17)20)6-4-3-5-7-12/h2-9H2,1H3,(H2,17,20). The predicted octanol–water partition coefficient (Wildman–Crippen LogP) is 3.02. The highest BCUT2D eigenvalue weighted by Gasteiger charge is 2.46. The summed E-state index contributed by atoms with van der Waals surface area (Å²) >= 11 is 5.00. The van der Waals surface area contributed by atoms with Crippen LogP contribution in [0.2, 0.25) is 0 Å². The lowest BCUT2D eigenvalue weighted by Gasteiger charge is -2.39. The van der Waals surface area contributed by atoms with Gasteiger partial charge in [0.05, 0.1) is 10.4 Å². The summed E-state index contributed by atoms with van der Waals surface area (Å²) in [5.41, 5.74) is 4.63. The van der Waals surface area contributed by atoms with Gasteiger partial charge in [-0.3, -0.25) is 4.79 Å². The van der Waals surface area contributed by atoms with Crippen molar-refractivity contribution in [2.24, 2.45) is 11.1 Å². The Hall–Kier alpha value is -0.850. The van der Waals surface area contributed by atoms with Gasteiger partial charge in [-0.2, -0.15) is 13.2 Å². The molecule has 1 aliphatic carbocycles. The third-order valence-electron chi connectivity index (χ3n) is 3.74. The largest absolute Gasteiger partial charge is 0.406 e. The molecule has 0 aliphatic heterocycles. The van der Waals surface area contributed by atoms with Crippen molar-refractivity contribution in [3.8, 4) is 0 Å².